The SMILES string of the molecule is CCCCN1CCC(NC(=NCCCN2C(=O)NC(C)(CC)C2=O)NCC)CC1.I. The van der Waals surface area contributed by atoms with Crippen molar-refractivity contribution in [3.8, 4) is 0 Å². The first kappa shape index (κ1) is 26.9. The molecule has 2 heterocycles. The van der Waals surface area contributed by atoms with Gasteiger partial charge in [-0.15, -0.1) is 24.0 Å². The number of piperidine rings is 1. The molecule has 8 nitrogen and oxygen atoms in total. The number of aliphatic imine (C=N–C) groups is 1. The Morgan fingerprint density at radius 1 is 1.17 bits per heavy atom. The quantitative estimate of drug-likeness (QED) is 0.131. The van der Waals surface area contributed by atoms with Gasteiger partial charge in [-0.2, -0.15) is 0 Å². The van der Waals surface area contributed by atoms with Crippen molar-refractivity contribution >= 4 is 41.9 Å². The summed E-state index contributed by atoms with van der Waals surface area (Å²) in [7, 11) is 0. The van der Waals surface area contributed by atoms with Gasteiger partial charge in [-0.05, 0) is 52.5 Å². The van der Waals surface area contributed by atoms with Crippen LogP contribution in [0.5, 0.6) is 0 Å². The predicted molar refractivity (Wildman–Crippen MR) is 132 cm³/mol. The number of nitrogens with zero attached hydrogens (tertiary/aromatic N) is 3. The van der Waals surface area contributed by atoms with Gasteiger partial charge in [0.25, 0.3) is 5.91 Å². The second-order valence-corrected chi connectivity index (χ2v) is 8.30. The minimum Gasteiger partial charge on any atom is -0.357 e. The molecule has 3 amide bonds. The standard InChI is InChI=1S/C21H40N6O2.HI/c1-5-8-13-26-15-10-17(11-16-26)24-19(22-7-3)23-12-9-14-27-18(28)21(4,6-2)25-20(27)29;/h17H,5-16H2,1-4H3,(H,25,29)(H2,22,23,24);1H. The Morgan fingerprint density at radius 3 is 2.43 bits per heavy atom. The van der Waals surface area contributed by atoms with Gasteiger partial charge >= 0.3 is 6.03 Å². The average Bonchev–Trinajstić information content (AvgIpc) is 2.93. The highest BCUT2D eigenvalue weighted by atomic mass is 127. The molecule has 0 aliphatic carbocycles. The van der Waals surface area contributed by atoms with E-state index in [4.69, 9.17) is 0 Å². The Balaban J connectivity index is 0.00000450. The molecule has 0 aromatic rings. The first-order chi connectivity index (χ1) is 13.9. The van der Waals surface area contributed by atoms with Crippen LogP contribution in [0, 0.1) is 0 Å². The molecule has 0 aromatic carbocycles. The Labute approximate surface area is 199 Å². The third-order valence-corrected chi connectivity index (χ3v) is 5.96. The summed E-state index contributed by atoms with van der Waals surface area (Å²) >= 11 is 0. The third-order valence-electron chi connectivity index (χ3n) is 5.96. The van der Waals surface area contributed by atoms with Gasteiger partial charge in [-0.3, -0.25) is 14.7 Å². The molecule has 3 N–H and O–H groups in total. The molecule has 2 aliphatic rings. The van der Waals surface area contributed by atoms with Gasteiger partial charge in [-0.25, -0.2) is 4.79 Å². The summed E-state index contributed by atoms with van der Waals surface area (Å²) in [5.74, 6) is 0.698. The molecular weight excluding hydrogens is 495 g/mol. The molecule has 0 aromatic heterocycles. The fourth-order valence-electron chi connectivity index (χ4n) is 3.81. The monoisotopic (exact) mass is 536 g/mol. The van der Waals surface area contributed by atoms with E-state index in [0.717, 1.165) is 38.4 Å². The van der Waals surface area contributed by atoms with Gasteiger partial charge < -0.3 is 20.9 Å². The molecule has 174 valence electrons. The molecule has 2 aliphatic heterocycles. The Kier molecular flexibility index (Phi) is 12.0. The first-order valence-electron chi connectivity index (χ1n) is 11.3. The van der Waals surface area contributed by atoms with Gasteiger partial charge in [0.15, 0.2) is 5.96 Å². The topological polar surface area (TPSA) is 89.1 Å². The third kappa shape index (κ3) is 7.55. The van der Waals surface area contributed by atoms with Crippen LogP contribution in [-0.4, -0.2) is 78.5 Å². The highest BCUT2D eigenvalue weighted by Gasteiger charge is 2.45. The van der Waals surface area contributed by atoms with Crippen LogP contribution >= 0.6 is 24.0 Å². The van der Waals surface area contributed by atoms with E-state index in [2.05, 4.69) is 39.7 Å². The van der Waals surface area contributed by atoms with Gasteiger partial charge in [0.05, 0.1) is 0 Å². The molecule has 2 rings (SSSR count). The van der Waals surface area contributed by atoms with Crippen LogP contribution in [0.2, 0.25) is 0 Å². The molecule has 9 heteroatoms. The molecule has 0 radical (unpaired) electrons. The van der Waals surface area contributed by atoms with E-state index in [0.29, 0.717) is 32.0 Å². The average molecular weight is 537 g/mol. The van der Waals surface area contributed by atoms with Crippen LogP contribution < -0.4 is 16.0 Å². The van der Waals surface area contributed by atoms with Gasteiger partial charge in [-0.1, -0.05) is 20.3 Å². The van der Waals surface area contributed by atoms with Crippen molar-refractivity contribution in [3.63, 3.8) is 0 Å². The zero-order valence-corrected chi connectivity index (χ0v) is 21.5. The summed E-state index contributed by atoms with van der Waals surface area (Å²) in [5.41, 5.74) is -0.761. The number of urea groups is 1. The Hall–Kier alpha value is -1.10. The number of unbranched alkanes of at least 4 members (excludes halogenated alkanes) is 1. The summed E-state index contributed by atoms with van der Waals surface area (Å²) in [6, 6.07) is 0.157. The minimum atomic E-state index is -0.761. The fraction of sp³-hybridized carbons (Fsp3) is 0.857. The number of carbonyl (C=O) groups excluding carboxylic acids is 2. The lowest BCUT2D eigenvalue weighted by Gasteiger charge is -2.33. The van der Waals surface area contributed by atoms with Crippen molar-refractivity contribution in [3.05, 3.63) is 0 Å². The van der Waals surface area contributed by atoms with Crippen molar-refractivity contribution in [2.45, 2.75) is 77.8 Å². The molecule has 1 unspecified atom stereocenters. The van der Waals surface area contributed by atoms with Crippen molar-refractivity contribution in [2.24, 2.45) is 4.99 Å². The molecule has 2 fully saturated rings. The van der Waals surface area contributed by atoms with E-state index < -0.39 is 5.54 Å². The molecule has 30 heavy (non-hydrogen) atoms. The zero-order chi connectivity index (χ0) is 21.3. The maximum atomic E-state index is 12.4. The van der Waals surface area contributed by atoms with Crippen molar-refractivity contribution in [1.82, 2.24) is 25.8 Å². The van der Waals surface area contributed by atoms with Crippen molar-refractivity contribution in [2.75, 3.05) is 39.3 Å². The van der Waals surface area contributed by atoms with Crippen LogP contribution in [0.4, 0.5) is 4.79 Å². The fourth-order valence-corrected chi connectivity index (χ4v) is 3.81. The van der Waals surface area contributed by atoms with Crippen LogP contribution in [0.3, 0.4) is 0 Å². The molecular formula is C21H41IN6O2. The van der Waals surface area contributed by atoms with Crippen molar-refractivity contribution in [1.29, 1.82) is 0 Å². The van der Waals surface area contributed by atoms with E-state index in [-0.39, 0.29) is 35.9 Å². The number of carbonyl (C=O) groups is 2. The van der Waals surface area contributed by atoms with E-state index in [1.807, 2.05) is 6.92 Å². The summed E-state index contributed by atoms with van der Waals surface area (Å²) in [6.07, 6.45) is 6.04. The van der Waals surface area contributed by atoms with E-state index in [1.54, 1.807) is 6.92 Å². The lowest BCUT2D eigenvalue weighted by atomic mass is 9.99. The smallest absolute Gasteiger partial charge is 0.325 e. The molecule has 2 saturated heterocycles. The highest BCUT2D eigenvalue weighted by Crippen LogP contribution is 2.20. The first-order valence-corrected chi connectivity index (χ1v) is 11.3. The second-order valence-electron chi connectivity index (χ2n) is 8.30. The van der Waals surface area contributed by atoms with E-state index >= 15 is 0 Å². The molecule has 0 bridgehead atoms. The number of hydrogen-bond donors (Lipinski definition) is 3. The second kappa shape index (κ2) is 13.3. The van der Waals surface area contributed by atoms with Crippen LogP contribution in [0.15, 0.2) is 4.99 Å². The van der Waals surface area contributed by atoms with Gasteiger partial charge in [0, 0.05) is 38.8 Å². The summed E-state index contributed by atoms with van der Waals surface area (Å²) in [6.45, 7) is 13.3. The summed E-state index contributed by atoms with van der Waals surface area (Å²) in [5, 5.41) is 9.66. The van der Waals surface area contributed by atoms with E-state index in [9.17, 15) is 9.59 Å². The Morgan fingerprint density at radius 2 is 1.87 bits per heavy atom. The number of halogens is 1. The normalized spacial score (nSPS) is 23.3. The van der Waals surface area contributed by atoms with Gasteiger partial charge in [0.2, 0.25) is 0 Å². The summed E-state index contributed by atoms with van der Waals surface area (Å²) < 4.78 is 0. The predicted octanol–water partition coefficient (Wildman–Crippen LogP) is 2.53. The Bertz CT molecular complexity index is 580. The highest BCUT2D eigenvalue weighted by molar-refractivity contribution is 14.0. The molecule has 0 spiro atoms. The van der Waals surface area contributed by atoms with Crippen LogP contribution in [0.25, 0.3) is 0 Å². The maximum Gasteiger partial charge on any atom is 0.325 e. The number of guanidine groups is 1. The molecule has 0 saturated carbocycles. The number of rotatable bonds is 10. The number of amides is 3. The minimum absolute atomic E-state index is 0. The van der Waals surface area contributed by atoms with Crippen LogP contribution in [-0.2, 0) is 4.79 Å². The van der Waals surface area contributed by atoms with Gasteiger partial charge in [0.1, 0.15) is 5.54 Å². The zero-order valence-electron chi connectivity index (χ0n) is 19.1. The van der Waals surface area contributed by atoms with Crippen LogP contribution in [0.1, 0.15) is 66.2 Å². The lowest BCUT2D eigenvalue weighted by Crippen LogP contribution is -2.48. The molecule has 1 atom stereocenters. The number of imide groups is 1. The largest absolute Gasteiger partial charge is 0.357 e. The number of nitrogens with one attached hydrogen (secondary N) is 3. The maximum absolute atomic E-state index is 12.4. The number of hydrogen-bond acceptors (Lipinski definition) is 4. The van der Waals surface area contributed by atoms with E-state index in [1.165, 1.54) is 24.3 Å². The number of likely N-dealkylation sites (tertiary alicyclic amines) is 1. The van der Waals surface area contributed by atoms with Crippen molar-refractivity contribution < 1.29 is 9.59 Å². The lowest BCUT2D eigenvalue weighted by molar-refractivity contribution is -0.130. The summed E-state index contributed by atoms with van der Waals surface area (Å²) in [4.78, 5) is 33.0.